The highest BCUT2D eigenvalue weighted by molar-refractivity contribution is 9.10. The van der Waals surface area contributed by atoms with Crippen molar-refractivity contribution >= 4 is 50.1 Å². The van der Waals surface area contributed by atoms with Gasteiger partial charge in [-0.15, -0.1) is 0 Å². The summed E-state index contributed by atoms with van der Waals surface area (Å²) in [4.78, 5) is 9.20. The lowest BCUT2D eigenvalue weighted by Gasteiger charge is -2.12. The van der Waals surface area contributed by atoms with Crippen LogP contribution >= 0.6 is 27.5 Å². The zero-order valence-electron chi connectivity index (χ0n) is 17.1. The van der Waals surface area contributed by atoms with E-state index in [1.54, 1.807) is 19.5 Å². The van der Waals surface area contributed by atoms with E-state index in [2.05, 4.69) is 54.1 Å². The van der Waals surface area contributed by atoms with Gasteiger partial charge in [0.1, 0.15) is 17.9 Å². The van der Waals surface area contributed by atoms with Gasteiger partial charge < -0.3 is 14.6 Å². The van der Waals surface area contributed by atoms with E-state index in [1.165, 1.54) is 0 Å². The molecule has 0 fully saturated rings. The molecule has 0 radical (unpaired) electrons. The molecule has 0 unspecified atom stereocenters. The molecule has 0 amide bonds. The summed E-state index contributed by atoms with van der Waals surface area (Å²) in [6.07, 6.45) is 3.66. The van der Waals surface area contributed by atoms with Crippen molar-refractivity contribution in [2.45, 2.75) is 0 Å². The zero-order chi connectivity index (χ0) is 22.1. The largest absolute Gasteiger partial charge is 0.495 e. The second-order valence-corrected chi connectivity index (χ2v) is 8.50. The summed E-state index contributed by atoms with van der Waals surface area (Å²) < 4.78 is 8.61. The van der Waals surface area contributed by atoms with Gasteiger partial charge in [-0.05, 0) is 48.0 Å². The number of halogens is 2. The molecule has 0 saturated carbocycles. The number of rotatable bonds is 5. The van der Waals surface area contributed by atoms with Crippen molar-refractivity contribution in [3.05, 3.63) is 94.8 Å². The van der Waals surface area contributed by atoms with Gasteiger partial charge in [-0.3, -0.25) is 0 Å². The molecule has 5 aromatic rings. The lowest BCUT2D eigenvalue weighted by molar-refractivity contribution is 0.417. The minimum Gasteiger partial charge on any atom is -0.495 e. The average molecular weight is 506 g/mol. The summed E-state index contributed by atoms with van der Waals surface area (Å²) in [6, 6.07) is 23.8. The van der Waals surface area contributed by atoms with Crippen LogP contribution in [0.1, 0.15) is 0 Å². The number of hydrogen-bond acceptors (Lipinski definition) is 4. The number of nitrogens with zero attached hydrogens (tertiary/aromatic N) is 3. The van der Waals surface area contributed by atoms with Gasteiger partial charge in [0.05, 0.1) is 18.2 Å². The van der Waals surface area contributed by atoms with E-state index in [1.807, 2.05) is 54.6 Å². The maximum absolute atomic E-state index is 6.25. The maximum atomic E-state index is 6.25. The molecular formula is C25H18BrClN4O. The molecule has 5 rings (SSSR count). The van der Waals surface area contributed by atoms with Gasteiger partial charge in [0.25, 0.3) is 0 Å². The highest BCUT2D eigenvalue weighted by Gasteiger charge is 2.18. The molecule has 1 N–H and O–H groups in total. The minimum absolute atomic E-state index is 0.606. The van der Waals surface area contributed by atoms with Crippen LogP contribution < -0.4 is 10.1 Å². The summed E-state index contributed by atoms with van der Waals surface area (Å²) in [5.41, 5.74) is 4.63. The molecule has 158 valence electrons. The molecule has 2 heterocycles. The summed E-state index contributed by atoms with van der Waals surface area (Å²) in [7, 11) is 1.63. The normalized spacial score (nSPS) is 11.0. The predicted octanol–water partition coefficient (Wildman–Crippen LogP) is 7.26. The van der Waals surface area contributed by atoms with Crippen molar-refractivity contribution in [2.24, 2.45) is 0 Å². The molecule has 2 aromatic heterocycles. The van der Waals surface area contributed by atoms with Crippen molar-refractivity contribution in [1.82, 2.24) is 14.5 Å². The highest BCUT2D eigenvalue weighted by Crippen LogP contribution is 2.38. The van der Waals surface area contributed by atoms with Crippen LogP contribution in [0.3, 0.4) is 0 Å². The lowest BCUT2D eigenvalue weighted by Crippen LogP contribution is -1.99. The molecule has 0 spiro atoms. The Hall–Kier alpha value is -3.35. The molecular weight excluding hydrogens is 488 g/mol. The van der Waals surface area contributed by atoms with Crippen molar-refractivity contribution < 1.29 is 4.74 Å². The first-order chi connectivity index (χ1) is 15.6. The lowest BCUT2D eigenvalue weighted by atomic mass is 10.1. The molecule has 5 nitrogen and oxygen atoms in total. The van der Waals surface area contributed by atoms with Crippen molar-refractivity contribution in [3.63, 3.8) is 0 Å². The quantitative estimate of drug-likeness (QED) is 0.273. The Labute approximate surface area is 198 Å². The third-order valence-corrected chi connectivity index (χ3v) is 5.95. The van der Waals surface area contributed by atoms with Crippen LogP contribution in [0.5, 0.6) is 5.75 Å². The van der Waals surface area contributed by atoms with E-state index in [0.29, 0.717) is 16.6 Å². The Kier molecular flexibility index (Phi) is 5.55. The molecule has 0 bridgehead atoms. The fourth-order valence-electron chi connectivity index (χ4n) is 3.70. The van der Waals surface area contributed by atoms with Crippen molar-refractivity contribution in [3.8, 4) is 22.6 Å². The van der Waals surface area contributed by atoms with Crippen molar-refractivity contribution in [2.75, 3.05) is 12.4 Å². The van der Waals surface area contributed by atoms with E-state index in [4.69, 9.17) is 16.3 Å². The van der Waals surface area contributed by atoms with Crippen LogP contribution in [0.2, 0.25) is 5.02 Å². The van der Waals surface area contributed by atoms with Crippen LogP contribution in [0.25, 0.3) is 27.8 Å². The first kappa shape index (κ1) is 20.5. The number of hydrogen-bond donors (Lipinski definition) is 1. The van der Waals surface area contributed by atoms with E-state index in [9.17, 15) is 0 Å². The van der Waals surface area contributed by atoms with Crippen LogP contribution in [0.4, 0.5) is 11.5 Å². The standard InChI is InChI=1S/C25H18BrClN4O/c1-32-22-12-9-18(27)13-21(22)30-24-23-20(16-5-3-2-4-6-16)14-31(25(23)29-15-28-24)19-10-7-17(26)8-11-19/h2-15H,1H3,(H,28,29,30). The number of aromatic nitrogens is 3. The smallest absolute Gasteiger partial charge is 0.150 e. The predicted molar refractivity (Wildman–Crippen MR) is 133 cm³/mol. The molecule has 0 aliphatic heterocycles. The van der Waals surface area contributed by atoms with E-state index in [0.717, 1.165) is 38.0 Å². The molecule has 0 atom stereocenters. The number of anilines is 2. The average Bonchev–Trinajstić information content (AvgIpc) is 3.21. The highest BCUT2D eigenvalue weighted by atomic mass is 79.9. The number of benzene rings is 3. The monoisotopic (exact) mass is 504 g/mol. The van der Waals surface area contributed by atoms with E-state index in [-0.39, 0.29) is 0 Å². The van der Waals surface area contributed by atoms with Gasteiger partial charge in [-0.1, -0.05) is 57.9 Å². The van der Waals surface area contributed by atoms with E-state index < -0.39 is 0 Å². The molecule has 0 aliphatic carbocycles. The zero-order valence-corrected chi connectivity index (χ0v) is 19.4. The van der Waals surface area contributed by atoms with Gasteiger partial charge in [-0.2, -0.15) is 0 Å². The second-order valence-electron chi connectivity index (χ2n) is 7.15. The van der Waals surface area contributed by atoms with Gasteiger partial charge in [-0.25, -0.2) is 9.97 Å². The van der Waals surface area contributed by atoms with Crippen LogP contribution in [-0.2, 0) is 0 Å². The Balaban J connectivity index is 1.75. The third kappa shape index (κ3) is 3.83. The molecule has 0 saturated heterocycles. The fraction of sp³-hybridized carbons (Fsp3) is 0.0400. The van der Waals surface area contributed by atoms with E-state index >= 15 is 0 Å². The van der Waals surface area contributed by atoms with Gasteiger partial charge in [0.2, 0.25) is 0 Å². The Morgan fingerprint density at radius 3 is 2.50 bits per heavy atom. The SMILES string of the molecule is COc1ccc(Cl)cc1Nc1ncnc2c1c(-c1ccccc1)cn2-c1ccc(Br)cc1. The topological polar surface area (TPSA) is 52.0 Å². The van der Waals surface area contributed by atoms with Gasteiger partial charge in [0, 0.05) is 26.9 Å². The summed E-state index contributed by atoms with van der Waals surface area (Å²) in [5.74, 6) is 1.35. The fourth-order valence-corrected chi connectivity index (χ4v) is 4.13. The molecule has 0 aliphatic rings. The maximum Gasteiger partial charge on any atom is 0.150 e. The minimum atomic E-state index is 0.606. The van der Waals surface area contributed by atoms with Crippen molar-refractivity contribution in [1.29, 1.82) is 0 Å². The number of ether oxygens (including phenoxy) is 1. The Morgan fingerprint density at radius 2 is 1.75 bits per heavy atom. The number of methoxy groups -OCH3 is 1. The molecule has 7 heteroatoms. The summed E-state index contributed by atoms with van der Waals surface area (Å²) in [5, 5.41) is 4.92. The van der Waals surface area contributed by atoms with Gasteiger partial charge in [0.15, 0.2) is 5.65 Å². The van der Waals surface area contributed by atoms with Crippen LogP contribution in [-0.4, -0.2) is 21.6 Å². The Bertz CT molecular complexity index is 1400. The number of fused-ring (bicyclic) bond motifs is 1. The first-order valence-electron chi connectivity index (χ1n) is 9.92. The first-order valence-corrected chi connectivity index (χ1v) is 11.1. The third-order valence-electron chi connectivity index (χ3n) is 5.19. The van der Waals surface area contributed by atoms with Gasteiger partial charge >= 0.3 is 0 Å². The molecule has 3 aromatic carbocycles. The van der Waals surface area contributed by atoms with Crippen LogP contribution in [0, 0.1) is 0 Å². The second kappa shape index (κ2) is 8.65. The molecule has 32 heavy (non-hydrogen) atoms. The van der Waals surface area contributed by atoms with Crippen LogP contribution in [0.15, 0.2) is 89.8 Å². The Morgan fingerprint density at radius 1 is 0.969 bits per heavy atom. The summed E-state index contributed by atoms with van der Waals surface area (Å²) in [6.45, 7) is 0. The summed E-state index contributed by atoms with van der Waals surface area (Å²) >= 11 is 9.76. The number of nitrogens with one attached hydrogen (secondary N) is 1.